The molecule has 0 fully saturated rings. The SMILES string of the molecule is O=C(O)c1cc(N(Cc2ccncc2O)Cc2cc(O)ccc2O)ccc1O. The second-order valence-corrected chi connectivity index (χ2v) is 6.18. The van der Waals surface area contributed by atoms with Crippen LogP contribution < -0.4 is 4.90 Å². The Morgan fingerprint density at radius 3 is 2.29 bits per heavy atom. The minimum atomic E-state index is -1.29. The fourth-order valence-corrected chi connectivity index (χ4v) is 2.79. The molecule has 8 heteroatoms. The van der Waals surface area contributed by atoms with Gasteiger partial charge in [0.25, 0.3) is 0 Å². The first kappa shape index (κ1) is 18.8. The quantitative estimate of drug-likeness (QED) is 0.411. The van der Waals surface area contributed by atoms with Crippen molar-refractivity contribution in [3.05, 3.63) is 71.5 Å². The van der Waals surface area contributed by atoms with Crippen molar-refractivity contribution in [2.24, 2.45) is 0 Å². The molecule has 0 spiro atoms. The van der Waals surface area contributed by atoms with E-state index in [2.05, 4.69) is 4.98 Å². The van der Waals surface area contributed by atoms with Crippen LogP contribution in [0, 0.1) is 0 Å². The van der Waals surface area contributed by atoms with Gasteiger partial charge in [0.15, 0.2) is 0 Å². The molecule has 0 amide bonds. The topological polar surface area (TPSA) is 134 Å². The van der Waals surface area contributed by atoms with E-state index in [1.54, 1.807) is 11.0 Å². The van der Waals surface area contributed by atoms with Crippen LogP contribution in [-0.4, -0.2) is 36.5 Å². The number of hydrogen-bond acceptors (Lipinski definition) is 7. The molecule has 0 saturated heterocycles. The van der Waals surface area contributed by atoms with Crippen LogP contribution in [0.15, 0.2) is 54.9 Å². The molecular weight excluding hydrogens is 364 g/mol. The number of anilines is 1. The molecule has 0 aliphatic carbocycles. The molecule has 1 aromatic heterocycles. The highest BCUT2D eigenvalue weighted by molar-refractivity contribution is 5.92. The summed E-state index contributed by atoms with van der Waals surface area (Å²) in [6.07, 6.45) is 2.80. The number of pyridine rings is 1. The Morgan fingerprint density at radius 2 is 1.57 bits per heavy atom. The lowest BCUT2D eigenvalue weighted by Crippen LogP contribution is -2.22. The first-order valence-corrected chi connectivity index (χ1v) is 8.29. The molecule has 0 unspecified atom stereocenters. The Hall–Kier alpha value is -3.94. The number of hydrogen-bond donors (Lipinski definition) is 5. The number of carboxylic acids is 1. The first-order valence-electron chi connectivity index (χ1n) is 8.29. The number of aromatic hydroxyl groups is 4. The lowest BCUT2D eigenvalue weighted by atomic mass is 10.1. The van der Waals surface area contributed by atoms with E-state index in [1.807, 2.05) is 0 Å². The van der Waals surface area contributed by atoms with E-state index in [9.17, 15) is 30.3 Å². The summed E-state index contributed by atoms with van der Waals surface area (Å²) in [6.45, 7) is 0.263. The lowest BCUT2D eigenvalue weighted by molar-refractivity contribution is 0.0693. The van der Waals surface area contributed by atoms with E-state index < -0.39 is 5.97 Å². The van der Waals surface area contributed by atoms with Crippen molar-refractivity contribution in [3.8, 4) is 23.0 Å². The van der Waals surface area contributed by atoms with E-state index in [1.165, 1.54) is 48.8 Å². The second kappa shape index (κ2) is 7.75. The van der Waals surface area contributed by atoms with Gasteiger partial charge < -0.3 is 30.4 Å². The van der Waals surface area contributed by atoms with Crippen molar-refractivity contribution in [1.29, 1.82) is 0 Å². The number of aromatic nitrogens is 1. The number of phenols is 3. The summed E-state index contributed by atoms with van der Waals surface area (Å²) in [5.74, 6) is -1.77. The minimum absolute atomic E-state index is 0.0311. The van der Waals surface area contributed by atoms with Crippen LogP contribution in [0.3, 0.4) is 0 Å². The number of phenolic OH excluding ortho intramolecular Hbond substituents is 2. The van der Waals surface area contributed by atoms with E-state index in [0.29, 0.717) is 16.8 Å². The van der Waals surface area contributed by atoms with Crippen molar-refractivity contribution in [2.75, 3.05) is 4.90 Å². The van der Waals surface area contributed by atoms with Gasteiger partial charge in [-0.05, 0) is 42.5 Å². The van der Waals surface area contributed by atoms with Crippen LogP contribution in [-0.2, 0) is 13.1 Å². The Bertz CT molecular complexity index is 1020. The number of aromatic carboxylic acids is 1. The van der Waals surface area contributed by atoms with Crippen LogP contribution in [0.5, 0.6) is 23.0 Å². The molecule has 3 rings (SSSR count). The van der Waals surface area contributed by atoms with Crippen molar-refractivity contribution in [1.82, 2.24) is 4.98 Å². The molecule has 8 nitrogen and oxygen atoms in total. The zero-order valence-corrected chi connectivity index (χ0v) is 14.6. The predicted octanol–water partition coefficient (Wildman–Crippen LogP) is 2.81. The number of carboxylic acid groups (broad SMARTS) is 1. The van der Waals surface area contributed by atoms with Gasteiger partial charge in [-0.15, -0.1) is 0 Å². The average molecular weight is 382 g/mol. The van der Waals surface area contributed by atoms with Crippen molar-refractivity contribution in [2.45, 2.75) is 13.1 Å². The molecule has 2 aromatic carbocycles. The predicted molar refractivity (Wildman–Crippen MR) is 101 cm³/mol. The highest BCUT2D eigenvalue weighted by atomic mass is 16.4. The summed E-state index contributed by atoms with van der Waals surface area (Å²) >= 11 is 0. The summed E-state index contributed by atoms with van der Waals surface area (Å²) in [5.41, 5.74) is 1.09. The molecule has 3 aromatic rings. The summed E-state index contributed by atoms with van der Waals surface area (Å²) in [7, 11) is 0. The van der Waals surface area contributed by atoms with Crippen molar-refractivity contribution < 1.29 is 30.3 Å². The van der Waals surface area contributed by atoms with Crippen LogP contribution in [0.25, 0.3) is 0 Å². The minimum Gasteiger partial charge on any atom is -0.508 e. The van der Waals surface area contributed by atoms with E-state index >= 15 is 0 Å². The van der Waals surface area contributed by atoms with Crippen molar-refractivity contribution in [3.63, 3.8) is 0 Å². The van der Waals surface area contributed by atoms with E-state index in [0.717, 1.165) is 0 Å². The maximum absolute atomic E-state index is 11.4. The molecule has 0 bridgehead atoms. The highest BCUT2D eigenvalue weighted by Gasteiger charge is 2.17. The normalized spacial score (nSPS) is 10.6. The summed E-state index contributed by atoms with van der Waals surface area (Å²) in [4.78, 5) is 16.9. The summed E-state index contributed by atoms with van der Waals surface area (Å²) < 4.78 is 0. The molecule has 144 valence electrons. The van der Waals surface area contributed by atoms with E-state index in [4.69, 9.17) is 0 Å². The highest BCUT2D eigenvalue weighted by Crippen LogP contribution is 2.31. The Kier molecular flexibility index (Phi) is 5.21. The fourth-order valence-electron chi connectivity index (χ4n) is 2.79. The Balaban J connectivity index is 2.04. The van der Waals surface area contributed by atoms with E-state index in [-0.39, 0.29) is 41.7 Å². The maximum atomic E-state index is 11.4. The molecule has 5 N–H and O–H groups in total. The third kappa shape index (κ3) is 4.07. The lowest BCUT2D eigenvalue weighted by Gasteiger charge is -2.26. The Morgan fingerprint density at radius 1 is 0.857 bits per heavy atom. The van der Waals surface area contributed by atoms with Crippen LogP contribution in [0.1, 0.15) is 21.5 Å². The molecule has 1 heterocycles. The van der Waals surface area contributed by atoms with Crippen LogP contribution in [0.2, 0.25) is 0 Å². The van der Waals surface area contributed by atoms with Gasteiger partial charge in [-0.25, -0.2) is 4.79 Å². The third-order valence-electron chi connectivity index (χ3n) is 4.25. The number of benzene rings is 2. The van der Waals surface area contributed by atoms with Gasteiger partial charge >= 0.3 is 5.97 Å². The first-order chi connectivity index (χ1) is 13.3. The fraction of sp³-hybridized carbons (Fsp3) is 0.100. The Labute approximate surface area is 160 Å². The molecule has 0 radical (unpaired) electrons. The average Bonchev–Trinajstić information content (AvgIpc) is 2.66. The smallest absolute Gasteiger partial charge is 0.339 e. The zero-order valence-electron chi connectivity index (χ0n) is 14.6. The number of nitrogens with zero attached hydrogens (tertiary/aromatic N) is 2. The van der Waals surface area contributed by atoms with Gasteiger partial charge in [0.2, 0.25) is 0 Å². The number of rotatable bonds is 6. The standard InChI is InChI=1S/C20H18N2O6/c23-15-2-4-17(24)13(7-15)11-22(10-12-5-6-21-9-19(12)26)14-1-3-18(25)16(8-14)20(27)28/h1-9,23-26H,10-11H2,(H,27,28). The molecule has 0 aliphatic rings. The van der Waals surface area contributed by atoms with Gasteiger partial charge in [0.05, 0.1) is 6.20 Å². The summed E-state index contributed by atoms with van der Waals surface area (Å²) in [5, 5.41) is 48.9. The summed E-state index contributed by atoms with van der Waals surface area (Å²) in [6, 6.07) is 9.81. The van der Waals surface area contributed by atoms with Crippen LogP contribution in [0.4, 0.5) is 5.69 Å². The molecule has 0 atom stereocenters. The van der Waals surface area contributed by atoms with Crippen molar-refractivity contribution >= 4 is 11.7 Å². The van der Waals surface area contributed by atoms with Gasteiger partial charge in [-0.2, -0.15) is 0 Å². The van der Waals surface area contributed by atoms with Crippen LogP contribution >= 0.6 is 0 Å². The molecule has 28 heavy (non-hydrogen) atoms. The van der Waals surface area contributed by atoms with Gasteiger partial charge in [-0.3, -0.25) is 4.98 Å². The number of carbonyl (C=O) groups is 1. The molecule has 0 aliphatic heterocycles. The third-order valence-corrected chi connectivity index (χ3v) is 4.25. The maximum Gasteiger partial charge on any atom is 0.339 e. The molecule has 0 saturated carbocycles. The molecular formula is C20H18N2O6. The second-order valence-electron chi connectivity index (χ2n) is 6.18. The largest absolute Gasteiger partial charge is 0.508 e. The zero-order chi connectivity index (χ0) is 20.3. The monoisotopic (exact) mass is 382 g/mol. The van der Waals surface area contributed by atoms with Gasteiger partial charge in [-0.1, -0.05) is 0 Å². The van der Waals surface area contributed by atoms with Gasteiger partial charge in [0, 0.05) is 36.1 Å². The van der Waals surface area contributed by atoms with Gasteiger partial charge in [0.1, 0.15) is 28.6 Å².